The maximum absolute atomic E-state index is 14.1. The molecule has 0 aromatic heterocycles. The predicted octanol–water partition coefficient (Wildman–Crippen LogP) is 5.79. The van der Waals surface area contributed by atoms with Crippen LogP contribution in [0.1, 0.15) is 83.7 Å². The molecule has 6 heteroatoms. The number of benzene rings is 2. The van der Waals surface area contributed by atoms with Gasteiger partial charge in [0, 0.05) is 55.3 Å². The molecule has 1 unspecified atom stereocenters. The number of nitrogens with one attached hydrogen (secondary N) is 1. The van der Waals surface area contributed by atoms with E-state index in [0.29, 0.717) is 42.7 Å². The number of alkyl halides is 2. The van der Waals surface area contributed by atoms with E-state index in [9.17, 15) is 18.4 Å². The highest BCUT2D eigenvalue weighted by Crippen LogP contribution is 2.45. The molecule has 2 aromatic carbocycles. The highest BCUT2D eigenvalue weighted by molar-refractivity contribution is 6.04. The van der Waals surface area contributed by atoms with Gasteiger partial charge in [-0.05, 0) is 37.5 Å². The third-order valence-corrected chi connectivity index (χ3v) is 6.91. The van der Waals surface area contributed by atoms with Crippen molar-refractivity contribution in [2.75, 3.05) is 13.1 Å². The van der Waals surface area contributed by atoms with Crippen molar-refractivity contribution < 1.29 is 23.1 Å². The van der Waals surface area contributed by atoms with Gasteiger partial charge in [0.15, 0.2) is 11.6 Å². The highest BCUT2D eigenvalue weighted by Gasteiger charge is 2.41. The van der Waals surface area contributed by atoms with E-state index in [-0.39, 0.29) is 43.0 Å². The molecule has 1 N–H and O–H groups in total. The lowest BCUT2D eigenvalue weighted by molar-refractivity contribution is -0.0811. The summed E-state index contributed by atoms with van der Waals surface area (Å²) >= 11 is 0. The number of hydrogen-bond donors (Lipinski definition) is 1. The molecule has 0 spiro atoms. The minimum absolute atomic E-state index is 0.0743. The minimum Gasteiger partial charge on any atom is -0.489 e. The summed E-state index contributed by atoms with van der Waals surface area (Å²) in [6.07, 6.45) is 0.850. The van der Waals surface area contributed by atoms with Crippen molar-refractivity contribution >= 4 is 11.6 Å². The van der Waals surface area contributed by atoms with E-state index < -0.39 is 11.8 Å². The lowest BCUT2D eigenvalue weighted by Gasteiger charge is -2.31. The molecule has 1 fully saturated rings. The maximum atomic E-state index is 14.1. The molecule has 2 aliphatic rings. The molecular weight excluding hydrogens is 424 g/mol. The second kappa shape index (κ2) is 9.72. The third kappa shape index (κ3) is 4.86. The summed E-state index contributed by atoms with van der Waals surface area (Å²) in [6.45, 7) is 4.37. The van der Waals surface area contributed by atoms with Crippen molar-refractivity contribution in [3.8, 4) is 5.75 Å². The summed E-state index contributed by atoms with van der Waals surface area (Å²) in [6, 6.07) is 13.4. The quantitative estimate of drug-likeness (QED) is 0.512. The summed E-state index contributed by atoms with van der Waals surface area (Å²) in [4.78, 5) is 25.8. The van der Waals surface area contributed by atoms with Crippen LogP contribution in [-0.4, -0.2) is 36.7 Å². The Morgan fingerprint density at radius 3 is 2.61 bits per heavy atom. The highest BCUT2D eigenvalue weighted by atomic mass is 19.3. The second-order valence-corrected chi connectivity index (χ2v) is 9.16. The van der Waals surface area contributed by atoms with Gasteiger partial charge in [-0.1, -0.05) is 37.3 Å². The fourth-order valence-electron chi connectivity index (χ4n) is 5.04. The van der Waals surface area contributed by atoms with Crippen LogP contribution in [0.4, 0.5) is 8.78 Å². The fourth-order valence-corrected chi connectivity index (χ4v) is 5.04. The van der Waals surface area contributed by atoms with Crippen LogP contribution in [-0.2, 0) is 0 Å². The Hall–Kier alpha value is -2.60. The monoisotopic (exact) mass is 455 g/mol. The Morgan fingerprint density at radius 1 is 1.15 bits per heavy atom. The van der Waals surface area contributed by atoms with E-state index in [1.807, 2.05) is 43.3 Å². The average Bonchev–Trinajstić information content (AvgIpc) is 3.14. The molecule has 0 bridgehead atoms. The van der Waals surface area contributed by atoms with Crippen LogP contribution < -0.4 is 10.1 Å². The molecule has 3 atom stereocenters. The number of carbonyl (C=O) groups excluding carboxylic acids is 2. The first kappa shape index (κ1) is 23.6. The van der Waals surface area contributed by atoms with Crippen LogP contribution in [0.25, 0.3) is 0 Å². The average molecular weight is 456 g/mol. The number of piperidine rings is 1. The lowest BCUT2D eigenvalue weighted by atomic mass is 9.85. The van der Waals surface area contributed by atoms with Crippen LogP contribution in [0.15, 0.2) is 42.5 Å². The van der Waals surface area contributed by atoms with Crippen LogP contribution in [0.3, 0.4) is 0 Å². The summed E-state index contributed by atoms with van der Waals surface area (Å²) in [5.41, 5.74) is 2.80. The smallest absolute Gasteiger partial charge is 0.253 e. The van der Waals surface area contributed by atoms with Crippen LogP contribution >= 0.6 is 0 Å². The Balaban J connectivity index is 1.58. The minimum atomic E-state index is -2.68. The summed E-state index contributed by atoms with van der Waals surface area (Å²) in [5.74, 6) is -3.14. The number of Topliss-reactive ketones (excluding diaryl/α,β-unsaturated/α-hetero) is 2. The van der Waals surface area contributed by atoms with Gasteiger partial charge < -0.3 is 10.1 Å². The molecule has 33 heavy (non-hydrogen) atoms. The van der Waals surface area contributed by atoms with E-state index in [1.54, 1.807) is 13.0 Å². The van der Waals surface area contributed by atoms with Gasteiger partial charge in [0.05, 0.1) is 5.56 Å². The second-order valence-electron chi connectivity index (χ2n) is 9.16. The van der Waals surface area contributed by atoms with Gasteiger partial charge in [0.2, 0.25) is 0 Å². The molecular formula is C27H31F2NO3. The van der Waals surface area contributed by atoms with E-state index in [1.165, 1.54) is 0 Å². The Bertz CT molecular complexity index is 1020. The number of ether oxygens (including phenoxy) is 1. The molecule has 176 valence electrons. The molecule has 1 saturated heterocycles. The number of halogens is 2. The molecule has 4 rings (SSSR count). The maximum Gasteiger partial charge on any atom is 0.253 e. The normalized spacial score (nSPS) is 23.6. The van der Waals surface area contributed by atoms with E-state index in [4.69, 9.17) is 4.74 Å². The molecule has 2 heterocycles. The van der Waals surface area contributed by atoms with E-state index >= 15 is 0 Å². The summed E-state index contributed by atoms with van der Waals surface area (Å²) in [7, 11) is 0. The van der Waals surface area contributed by atoms with Crippen molar-refractivity contribution in [2.24, 2.45) is 5.92 Å². The SMILES string of the molecule is CCC(=O)c1cc(C(=O)CCCC2CNCCC2(F)F)cc2c1O[C@H](C)[C@H]2c1ccccc1. The van der Waals surface area contributed by atoms with E-state index in [0.717, 1.165) is 11.1 Å². The van der Waals surface area contributed by atoms with Crippen molar-refractivity contribution in [1.82, 2.24) is 5.32 Å². The van der Waals surface area contributed by atoms with Gasteiger partial charge in [-0.25, -0.2) is 8.78 Å². The lowest BCUT2D eigenvalue weighted by Crippen LogP contribution is -2.44. The first-order chi connectivity index (χ1) is 15.8. The number of hydrogen-bond acceptors (Lipinski definition) is 4. The van der Waals surface area contributed by atoms with Crippen LogP contribution in [0.2, 0.25) is 0 Å². The molecule has 4 nitrogen and oxygen atoms in total. The number of rotatable bonds is 8. The van der Waals surface area contributed by atoms with Gasteiger partial charge in [0.1, 0.15) is 11.9 Å². The van der Waals surface area contributed by atoms with E-state index in [2.05, 4.69) is 5.32 Å². The number of ketones is 2. The Labute approximate surface area is 193 Å². The van der Waals surface area contributed by atoms with Gasteiger partial charge in [-0.2, -0.15) is 0 Å². The zero-order chi connectivity index (χ0) is 23.6. The zero-order valence-corrected chi connectivity index (χ0v) is 19.2. The third-order valence-electron chi connectivity index (χ3n) is 6.91. The zero-order valence-electron chi connectivity index (χ0n) is 19.2. The van der Waals surface area contributed by atoms with Gasteiger partial charge in [-0.15, -0.1) is 0 Å². The first-order valence-corrected chi connectivity index (χ1v) is 11.9. The van der Waals surface area contributed by atoms with Crippen molar-refractivity contribution in [3.63, 3.8) is 0 Å². The predicted molar refractivity (Wildman–Crippen MR) is 124 cm³/mol. The van der Waals surface area contributed by atoms with Crippen molar-refractivity contribution in [2.45, 2.75) is 63.9 Å². The molecule has 2 aromatic rings. The van der Waals surface area contributed by atoms with Gasteiger partial charge in [0.25, 0.3) is 5.92 Å². The van der Waals surface area contributed by atoms with Gasteiger partial charge >= 0.3 is 0 Å². The summed E-state index contributed by atoms with van der Waals surface area (Å²) in [5, 5.41) is 3.02. The number of fused-ring (bicyclic) bond motifs is 1. The standard InChI is InChI=1S/C27H31F2NO3/c1-3-23(31)21-14-19(24(32)11-7-10-20-16-30-13-12-27(20,28)29)15-22-25(17(2)33-26(21)22)18-8-5-4-6-9-18/h4-6,8-9,14-15,17,20,25,30H,3,7,10-13,16H2,1-2H3/t17-,20?,25+/m1/s1. The summed E-state index contributed by atoms with van der Waals surface area (Å²) < 4.78 is 34.3. The number of carbonyl (C=O) groups is 2. The molecule has 0 amide bonds. The van der Waals surface area contributed by atoms with Crippen LogP contribution in [0.5, 0.6) is 5.75 Å². The Kier molecular flexibility index (Phi) is 6.94. The fraction of sp³-hybridized carbons (Fsp3) is 0.481. The Morgan fingerprint density at radius 2 is 1.91 bits per heavy atom. The molecule has 2 aliphatic heterocycles. The largest absolute Gasteiger partial charge is 0.489 e. The first-order valence-electron chi connectivity index (χ1n) is 11.9. The van der Waals surface area contributed by atoms with Gasteiger partial charge in [-0.3, -0.25) is 9.59 Å². The van der Waals surface area contributed by atoms with Crippen molar-refractivity contribution in [1.29, 1.82) is 0 Å². The van der Waals surface area contributed by atoms with Crippen molar-refractivity contribution in [3.05, 3.63) is 64.7 Å². The topological polar surface area (TPSA) is 55.4 Å². The molecule has 0 saturated carbocycles. The molecule has 0 aliphatic carbocycles. The van der Waals surface area contributed by atoms with Crippen LogP contribution in [0, 0.1) is 5.92 Å². The molecule has 0 radical (unpaired) electrons.